The Kier molecular flexibility index (Phi) is 6.36. The zero-order chi connectivity index (χ0) is 20.3. The summed E-state index contributed by atoms with van der Waals surface area (Å²) in [6.07, 6.45) is -0.229. The molecule has 4 nitrogen and oxygen atoms in total. The molecule has 0 radical (unpaired) electrons. The molecule has 2 aromatic carbocycles. The van der Waals surface area contributed by atoms with Gasteiger partial charge in [0.15, 0.2) is 0 Å². The number of nitrogens with zero attached hydrogens (tertiary/aromatic N) is 2. The summed E-state index contributed by atoms with van der Waals surface area (Å²) < 4.78 is 7.66. The van der Waals surface area contributed by atoms with Crippen molar-refractivity contribution >= 4 is 35.7 Å². The van der Waals surface area contributed by atoms with Crippen LogP contribution in [-0.2, 0) is 10.2 Å². The Labute approximate surface area is 175 Å². The van der Waals surface area contributed by atoms with Gasteiger partial charge in [0.1, 0.15) is 0 Å². The molecule has 0 aliphatic carbocycles. The molecule has 0 bridgehead atoms. The number of carbonyl (C=O) groups excluding carboxylic acids is 1. The molecular weight excluding hydrogens is 415 g/mol. The van der Waals surface area contributed by atoms with Gasteiger partial charge in [-0.05, 0) is 0 Å². The number of hydrogen-bond donors (Lipinski definition) is 0. The first-order chi connectivity index (χ1) is 13.3. The number of benzene rings is 2. The number of ether oxygens (including phenoxy) is 1. The molecule has 0 saturated carbocycles. The first-order valence-corrected chi connectivity index (χ1v) is 11.5. The average Bonchev–Trinajstić information content (AvgIpc) is 2.69. The van der Waals surface area contributed by atoms with Crippen molar-refractivity contribution in [1.82, 2.24) is 4.90 Å². The molecule has 1 aliphatic rings. The van der Waals surface area contributed by atoms with Crippen molar-refractivity contribution in [2.45, 2.75) is 33.1 Å². The third-order valence-corrected chi connectivity index (χ3v) is 7.71. The van der Waals surface area contributed by atoms with Crippen LogP contribution in [0.3, 0.4) is 0 Å². The van der Waals surface area contributed by atoms with Crippen LogP contribution < -0.4 is 13.8 Å². The third-order valence-electron chi connectivity index (χ3n) is 5.26. The molecule has 1 fully saturated rings. The van der Waals surface area contributed by atoms with Gasteiger partial charge in [-0.2, -0.15) is 0 Å². The molecule has 2 aromatic rings. The van der Waals surface area contributed by atoms with Gasteiger partial charge in [0.2, 0.25) is 0 Å². The Morgan fingerprint density at radius 1 is 1.00 bits per heavy atom. The van der Waals surface area contributed by atoms with E-state index >= 15 is 0 Å². The maximum atomic E-state index is 11.7. The fraction of sp³-hybridized carbons (Fsp3) is 0.435. The van der Waals surface area contributed by atoms with Crippen molar-refractivity contribution in [2.75, 3.05) is 38.2 Å². The standard InChI is InChI=1S/C23H30N2O2Se/c1-17-20(24-13-15-25(16-14-24)22(26)27-5)7-6-8-21(17)28-19-11-9-18(10-12-19)23(2,3)4/h6-12H,13-16H2,1-5H3. The van der Waals surface area contributed by atoms with Gasteiger partial charge >= 0.3 is 175 Å². The van der Waals surface area contributed by atoms with E-state index in [1.54, 1.807) is 4.90 Å². The Morgan fingerprint density at radius 3 is 2.21 bits per heavy atom. The molecule has 5 heteroatoms. The molecule has 28 heavy (non-hydrogen) atoms. The van der Waals surface area contributed by atoms with Crippen LogP contribution >= 0.6 is 0 Å². The third kappa shape index (κ3) is 4.71. The van der Waals surface area contributed by atoms with Gasteiger partial charge in [-0.1, -0.05) is 0 Å². The average molecular weight is 445 g/mol. The minimum atomic E-state index is -0.229. The molecule has 0 spiro atoms. The number of rotatable bonds is 3. The van der Waals surface area contributed by atoms with E-state index in [4.69, 9.17) is 4.74 Å². The van der Waals surface area contributed by atoms with Crippen molar-refractivity contribution in [1.29, 1.82) is 0 Å². The molecular formula is C23H30N2O2Se. The molecule has 3 rings (SSSR count). The molecule has 1 saturated heterocycles. The van der Waals surface area contributed by atoms with Crippen molar-refractivity contribution in [3.63, 3.8) is 0 Å². The van der Waals surface area contributed by atoms with Gasteiger partial charge in [-0.15, -0.1) is 0 Å². The van der Waals surface area contributed by atoms with Gasteiger partial charge in [0.25, 0.3) is 0 Å². The topological polar surface area (TPSA) is 32.8 Å². The second kappa shape index (κ2) is 8.59. The van der Waals surface area contributed by atoms with Gasteiger partial charge < -0.3 is 0 Å². The van der Waals surface area contributed by atoms with E-state index in [1.807, 2.05) is 0 Å². The molecule has 1 amide bonds. The summed E-state index contributed by atoms with van der Waals surface area (Å²) in [6.45, 7) is 12.1. The van der Waals surface area contributed by atoms with Crippen molar-refractivity contribution in [3.05, 3.63) is 53.6 Å². The predicted molar refractivity (Wildman–Crippen MR) is 118 cm³/mol. The second-order valence-electron chi connectivity index (χ2n) is 8.22. The number of carbonyl (C=O) groups is 1. The van der Waals surface area contributed by atoms with Crippen LogP contribution in [0.25, 0.3) is 0 Å². The van der Waals surface area contributed by atoms with E-state index in [-0.39, 0.29) is 26.5 Å². The first-order valence-electron chi connectivity index (χ1n) is 9.75. The Hall–Kier alpha value is -1.97. The quantitative estimate of drug-likeness (QED) is 0.682. The summed E-state index contributed by atoms with van der Waals surface area (Å²) in [7, 11) is 1.44. The van der Waals surface area contributed by atoms with E-state index in [9.17, 15) is 4.79 Å². The molecule has 150 valence electrons. The van der Waals surface area contributed by atoms with Crippen LogP contribution in [0, 0.1) is 6.92 Å². The van der Waals surface area contributed by atoms with Crippen molar-refractivity contribution in [2.24, 2.45) is 0 Å². The van der Waals surface area contributed by atoms with Crippen LogP contribution in [0.2, 0.25) is 0 Å². The van der Waals surface area contributed by atoms with Gasteiger partial charge in [-0.3, -0.25) is 0 Å². The van der Waals surface area contributed by atoms with E-state index in [0.717, 1.165) is 13.1 Å². The van der Waals surface area contributed by atoms with Crippen LogP contribution in [0.15, 0.2) is 42.5 Å². The fourth-order valence-electron chi connectivity index (χ4n) is 3.46. The Morgan fingerprint density at radius 2 is 1.64 bits per heavy atom. The Balaban J connectivity index is 1.72. The molecule has 1 heterocycles. The van der Waals surface area contributed by atoms with Crippen molar-refractivity contribution in [3.8, 4) is 0 Å². The van der Waals surface area contributed by atoms with Gasteiger partial charge in [-0.25, -0.2) is 0 Å². The SMILES string of the molecule is COC(=O)N1CCN(c2cccc([Se]c3ccc(C(C)(C)C)cc3)c2C)CC1. The molecule has 1 aliphatic heterocycles. The van der Waals surface area contributed by atoms with Crippen LogP contribution in [0.4, 0.5) is 10.5 Å². The summed E-state index contributed by atoms with van der Waals surface area (Å²) in [6, 6.07) is 15.7. The Bertz CT molecular complexity index is 819. The zero-order valence-corrected chi connectivity index (χ0v) is 19.2. The van der Waals surface area contributed by atoms with E-state index in [2.05, 4.69) is 75.1 Å². The van der Waals surface area contributed by atoms with E-state index in [0.29, 0.717) is 13.1 Å². The second-order valence-corrected chi connectivity index (χ2v) is 10.6. The number of anilines is 1. The number of piperazine rings is 1. The minimum absolute atomic E-state index is 0.188. The van der Waals surface area contributed by atoms with Gasteiger partial charge in [0.05, 0.1) is 0 Å². The summed E-state index contributed by atoms with van der Waals surface area (Å²) in [5.41, 5.74) is 4.21. The maximum absolute atomic E-state index is 11.7. The molecule has 0 unspecified atom stereocenters. The normalized spacial score (nSPS) is 14.9. The molecule has 0 aromatic heterocycles. The van der Waals surface area contributed by atoms with Crippen molar-refractivity contribution < 1.29 is 9.53 Å². The van der Waals surface area contributed by atoms with Gasteiger partial charge in [0, 0.05) is 0 Å². The van der Waals surface area contributed by atoms with E-state index < -0.39 is 0 Å². The predicted octanol–water partition coefficient (Wildman–Crippen LogP) is 2.84. The number of amides is 1. The summed E-state index contributed by atoms with van der Waals surface area (Å²) in [4.78, 5) is 15.9. The van der Waals surface area contributed by atoms with E-state index in [1.165, 1.54) is 32.8 Å². The summed E-state index contributed by atoms with van der Waals surface area (Å²) in [5.74, 6) is 0. The van der Waals surface area contributed by atoms with Crippen LogP contribution in [-0.4, -0.2) is 59.2 Å². The number of methoxy groups -OCH3 is 1. The van der Waals surface area contributed by atoms with Crippen LogP contribution in [0.1, 0.15) is 31.9 Å². The zero-order valence-electron chi connectivity index (χ0n) is 17.5. The summed E-state index contributed by atoms with van der Waals surface area (Å²) >= 11 is 0.282. The fourth-order valence-corrected chi connectivity index (χ4v) is 5.42. The molecule has 0 atom stereocenters. The number of hydrogen-bond acceptors (Lipinski definition) is 3. The monoisotopic (exact) mass is 446 g/mol. The molecule has 0 N–H and O–H groups in total. The first kappa shape index (κ1) is 20.8. The summed E-state index contributed by atoms with van der Waals surface area (Å²) in [5, 5.41) is 0. The van der Waals surface area contributed by atoms with Crippen LogP contribution in [0.5, 0.6) is 0 Å².